The molecule has 0 aliphatic heterocycles. The zero-order valence-corrected chi connectivity index (χ0v) is 15.6. The fourth-order valence-electron chi connectivity index (χ4n) is 1.60. The Hall–Kier alpha value is -1.82. The van der Waals surface area contributed by atoms with Crippen LogP contribution in [-0.2, 0) is 4.79 Å². The highest BCUT2D eigenvalue weighted by Crippen LogP contribution is 2.26. The number of carbonyl (C=O) groups excluding carboxylic acids is 2. The first-order chi connectivity index (χ1) is 11.6. The zero-order chi connectivity index (χ0) is 16.9. The summed E-state index contributed by atoms with van der Waals surface area (Å²) in [5, 5.41) is 18.0. The van der Waals surface area contributed by atoms with E-state index in [1.807, 2.05) is 18.4 Å². The van der Waals surface area contributed by atoms with Crippen LogP contribution < -0.4 is 10.6 Å². The van der Waals surface area contributed by atoms with Crippen LogP contribution in [0.3, 0.4) is 0 Å². The number of hydrogen-bond donors (Lipinski definition) is 2. The maximum absolute atomic E-state index is 12.0. The van der Waals surface area contributed by atoms with Gasteiger partial charge in [-0.25, -0.2) is 4.98 Å². The third kappa shape index (κ3) is 4.60. The van der Waals surface area contributed by atoms with Crippen molar-refractivity contribution in [2.24, 2.45) is 0 Å². The molecule has 0 saturated carbocycles. The highest BCUT2D eigenvalue weighted by Gasteiger charge is 2.13. The molecule has 0 fully saturated rings. The van der Waals surface area contributed by atoms with Gasteiger partial charge >= 0.3 is 0 Å². The van der Waals surface area contributed by atoms with E-state index in [0.29, 0.717) is 19.5 Å². The second-order valence-corrected chi connectivity index (χ2v) is 8.50. The summed E-state index contributed by atoms with van der Waals surface area (Å²) in [6.45, 7) is 1.93. The standard InChI is InChI=1S/C13H11N5O2S4/c1-7-4-8(22-5-7)10(20)16-12-17-18-13(24-12)23-6-9(19)15-11-14-2-3-21-11/h2-5H,6H2,1H3,(H,14,15,19)(H,16,17,20). The Labute approximate surface area is 153 Å². The molecule has 0 atom stereocenters. The van der Waals surface area contributed by atoms with Crippen LogP contribution in [-0.4, -0.2) is 32.7 Å². The summed E-state index contributed by atoms with van der Waals surface area (Å²) in [5.41, 5.74) is 1.05. The van der Waals surface area contributed by atoms with Crippen molar-refractivity contribution in [3.63, 3.8) is 0 Å². The van der Waals surface area contributed by atoms with Crippen LogP contribution in [0.4, 0.5) is 10.3 Å². The second-order valence-electron chi connectivity index (χ2n) is 4.49. The predicted molar refractivity (Wildman–Crippen MR) is 98.4 cm³/mol. The minimum atomic E-state index is -0.206. The summed E-state index contributed by atoms with van der Waals surface area (Å²) in [6.07, 6.45) is 1.63. The Balaban J connectivity index is 1.50. The molecule has 0 bridgehead atoms. The Kier molecular flexibility index (Phi) is 5.56. The molecule has 3 heterocycles. The lowest BCUT2D eigenvalue weighted by atomic mass is 10.3. The molecule has 0 spiro atoms. The number of amides is 2. The molecule has 3 aromatic heterocycles. The Morgan fingerprint density at radius 2 is 2.08 bits per heavy atom. The molecule has 11 heteroatoms. The summed E-state index contributed by atoms with van der Waals surface area (Å²) < 4.78 is 0.613. The average Bonchev–Trinajstić information content (AvgIpc) is 3.27. The van der Waals surface area contributed by atoms with Crippen LogP contribution in [0.25, 0.3) is 0 Å². The Morgan fingerprint density at radius 3 is 2.79 bits per heavy atom. The van der Waals surface area contributed by atoms with Crippen molar-refractivity contribution in [2.45, 2.75) is 11.3 Å². The molecule has 2 N–H and O–H groups in total. The van der Waals surface area contributed by atoms with Gasteiger partial charge in [0.1, 0.15) is 0 Å². The van der Waals surface area contributed by atoms with E-state index in [2.05, 4.69) is 25.8 Å². The molecule has 0 radical (unpaired) electrons. The normalized spacial score (nSPS) is 10.5. The molecule has 0 aliphatic rings. The lowest BCUT2D eigenvalue weighted by molar-refractivity contribution is -0.113. The predicted octanol–water partition coefficient (Wildman–Crippen LogP) is 3.35. The zero-order valence-electron chi connectivity index (χ0n) is 12.3. The van der Waals surface area contributed by atoms with Gasteiger partial charge in [-0.15, -0.1) is 32.9 Å². The van der Waals surface area contributed by atoms with E-state index >= 15 is 0 Å². The van der Waals surface area contributed by atoms with Gasteiger partial charge in [0.2, 0.25) is 11.0 Å². The van der Waals surface area contributed by atoms with Crippen molar-refractivity contribution in [2.75, 3.05) is 16.4 Å². The topological polar surface area (TPSA) is 96.9 Å². The van der Waals surface area contributed by atoms with Gasteiger partial charge in [-0.2, -0.15) is 0 Å². The molecule has 0 saturated heterocycles. The molecule has 0 aliphatic carbocycles. The number of rotatable bonds is 6. The van der Waals surface area contributed by atoms with Crippen LogP contribution in [0, 0.1) is 6.92 Å². The van der Waals surface area contributed by atoms with Gasteiger partial charge < -0.3 is 5.32 Å². The van der Waals surface area contributed by atoms with Crippen LogP contribution in [0.2, 0.25) is 0 Å². The monoisotopic (exact) mass is 397 g/mol. The summed E-state index contributed by atoms with van der Waals surface area (Å²) in [5.74, 6) is -0.168. The SMILES string of the molecule is Cc1csc(C(=O)Nc2nnc(SCC(=O)Nc3nccs3)s2)c1. The number of thiophene rings is 1. The van der Waals surface area contributed by atoms with Crippen LogP contribution in [0.1, 0.15) is 15.2 Å². The van der Waals surface area contributed by atoms with Gasteiger partial charge in [0.15, 0.2) is 9.47 Å². The molecule has 0 aromatic carbocycles. The van der Waals surface area contributed by atoms with Gasteiger partial charge in [-0.3, -0.25) is 14.9 Å². The molecule has 24 heavy (non-hydrogen) atoms. The first-order valence-corrected chi connectivity index (χ1v) is 10.2. The highest BCUT2D eigenvalue weighted by molar-refractivity contribution is 8.01. The Bertz CT molecular complexity index is 842. The van der Waals surface area contributed by atoms with E-state index < -0.39 is 0 Å². The van der Waals surface area contributed by atoms with E-state index in [0.717, 1.165) is 5.56 Å². The van der Waals surface area contributed by atoms with Gasteiger partial charge in [0.25, 0.3) is 5.91 Å². The number of nitrogens with zero attached hydrogens (tertiary/aromatic N) is 3. The molecule has 124 valence electrons. The minimum absolute atomic E-state index is 0.162. The smallest absolute Gasteiger partial charge is 0.267 e. The summed E-state index contributed by atoms with van der Waals surface area (Å²) in [7, 11) is 0. The number of aryl methyl sites for hydroxylation is 1. The lowest BCUT2D eigenvalue weighted by Gasteiger charge is -1.99. The third-order valence-electron chi connectivity index (χ3n) is 2.59. The van der Waals surface area contributed by atoms with Crippen LogP contribution in [0.15, 0.2) is 27.4 Å². The maximum Gasteiger partial charge on any atom is 0.267 e. The summed E-state index contributed by atoms with van der Waals surface area (Å²) >= 11 is 5.23. The summed E-state index contributed by atoms with van der Waals surface area (Å²) in [4.78, 5) is 28.4. The van der Waals surface area contributed by atoms with Crippen molar-refractivity contribution in [3.05, 3.63) is 33.5 Å². The fraction of sp³-hybridized carbons (Fsp3) is 0.154. The van der Waals surface area contributed by atoms with Crippen LogP contribution >= 0.6 is 45.8 Å². The maximum atomic E-state index is 12.0. The molecule has 7 nitrogen and oxygen atoms in total. The number of anilines is 2. The van der Waals surface area contributed by atoms with E-state index in [9.17, 15) is 9.59 Å². The first kappa shape index (κ1) is 17.0. The molecular formula is C13H11N5O2S4. The second kappa shape index (κ2) is 7.83. The highest BCUT2D eigenvalue weighted by atomic mass is 32.2. The van der Waals surface area contributed by atoms with Crippen molar-refractivity contribution in [1.29, 1.82) is 0 Å². The minimum Gasteiger partial charge on any atom is -0.301 e. The van der Waals surface area contributed by atoms with Gasteiger partial charge in [0.05, 0.1) is 10.6 Å². The lowest BCUT2D eigenvalue weighted by Crippen LogP contribution is -2.13. The number of carbonyl (C=O) groups is 2. The van der Waals surface area contributed by atoms with E-state index in [4.69, 9.17) is 0 Å². The van der Waals surface area contributed by atoms with E-state index in [1.54, 1.807) is 11.6 Å². The van der Waals surface area contributed by atoms with E-state index in [-0.39, 0.29) is 17.6 Å². The van der Waals surface area contributed by atoms with Gasteiger partial charge in [-0.05, 0) is 23.9 Å². The largest absolute Gasteiger partial charge is 0.301 e. The first-order valence-electron chi connectivity index (χ1n) is 6.62. The number of thiazole rings is 1. The molecule has 3 rings (SSSR count). The quantitative estimate of drug-likeness (QED) is 0.489. The number of aromatic nitrogens is 3. The van der Waals surface area contributed by atoms with Crippen molar-refractivity contribution >= 4 is 67.8 Å². The fourth-order valence-corrected chi connectivity index (χ4v) is 4.48. The number of nitrogens with one attached hydrogen (secondary N) is 2. The van der Waals surface area contributed by atoms with Crippen molar-refractivity contribution < 1.29 is 9.59 Å². The van der Waals surface area contributed by atoms with Crippen molar-refractivity contribution in [1.82, 2.24) is 15.2 Å². The molecular weight excluding hydrogens is 386 g/mol. The number of hydrogen-bond acceptors (Lipinski definition) is 9. The molecule has 3 aromatic rings. The molecule has 0 unspecified atom stereocenters. The summed E-state index contributed by atoms with van der Waals surface area (Å²) in [6, 6.07) is 1.82. The van der Waals surface area contributed by atoms with Crippen LogP contribution in [0.5, 0.6) is 0 Å². The number of thioether (sulfide) groups is 1. The Morgan fingerprint density at radius 1 is 1.21 bits per heavy atom. The van der Waals surface area contributed by atoms with E-state index in [1.165, 1.54) is 45.8 Å². The average molecular weight is 398 g/mol. The molecule has 2 amide bonds. The third-order valence-corrected chi connectivity index (χ3v) is 6.29. The van der Waals surface area contributed by atoms with Crippen molar-refractivity contribution in [3.8, 4) is 0 Å². The van der Waals surface area contributed by atoms with Gasteiger partial charge in [0, 0.05) is 11.6 Å². The van der Waals surface area contributed by atoms with Gasteiger partial charge in [-0.1, -0.05) is 23.1 Å².